The molecule has 0 heterocycles. The monoisotopic (exact) mass is 145 g/mol. The summed E-state index contributed by atoms with van der Waals surface area (Å²) in [6.45, 7) is 10.3. The number of allylic oxidation sites excluding steroid dienone is 1. The SMILES string of the molecule is CC.CC/C=C\CNCC.[HH]. The minimum Gasteiger partial charge on any atom is -0.314 e. The number of rotatable bonds is 4. The second-order valence-corrected chi connectivity index (χ2v) is 1.69. The minimum absolute atomic E-state index is 0. The lowest BCUT2D eigenvalue weighted by Gasteiger charge is -1.90. The Kier molecular flexibility index (Phi) is 19.7. The van der Waals surface area contributed by atoms with Gasteiger partial charge >= 0.3 is 0 Å². The van der Waals surface area contributed by atoms with Gasteiger partial charge in [-0.2, -0.15) is 0 Å². The van der Waals surface area contributed by atoms with Gasteiger partial charge in [-0.3, -0.25) is 0 Å². The fourth-order valence-electron chi connectivity index (χ4n) is 0.478. The number of likely N-dealkylation sites (N-methyl/N-ethyl adjacent to an activating group) is 1. The molecule has 0 saturated heterocycles. The van der Waals surface area contributed by atoms with E-state index in [0.29, 0.717) is 0 Å². The maximum atomic E-state index is 3.20. The van der Waals surface area contributed by atoms with E-state index < -0.39 is 0 Å². The van der Waals surface area contributed by atoms with Crippen LogP contribution in [0.4, 0.5) is 0 Å². The summed E-state index contributed by atoms with van der Waals surface area (Å²) in [6.07, 6.45) is 5.47. The standard InChI is InChI=1S/C7H15N.C2H6.H2/c1-3-5-6-7-8-4-2;1-2;/h5-6,8H,3-4,7H2,1-2H3;1-2H3;1H/b6-5-;;. The lowest BCUT2D eigenvalue weighted by molar-refractivity contribution is 0.797. The predicted molar refractivity (Wildman–Crippen MR) is 51.4 cm³/mol. The molecule has 0 aromatic heterocycles. The predicted octanol–water partition coefficient (Wildman–Crippen LogP) is 2.83. The van der Waals surface area contributed by atoms with Crippen molar-refractivity contribution in [3.63, 3.8) is 0 Å². The molecule has 0 aliphatic heterocycles. The molecule has 1 nitrogen and oxygen atoms in total. The molecule has 0 aromatic carbocycles. The van der Waals surface area contributed by atoms with Crippen LogP contribution in [0.1, 0.15) is 35.5 Å². The third kappa shape index (κ3) is 15.6. The van der Waals surface area contributed by atoms with E-state index in [0.717, 1.165) is 19.5 Å². The van der Waals surface area contributed by atoms with Crippen LogP contribution in [0.15, 0.2) is 12.2 Å². The van der Waals surface area contributed by atoms with Crippen molar-refractivity contribution >= 4 is 0 Å². The van der Waals surface area contributed by atoms with E-state index in [1.807, 2.05) is 13.8 Å². The molecule has 0 rings (SSSR count). The van der Waals surface area contributed by atoms with Crippen molar-refractivity contribution in [3.8, 4) is 0 Å². The van der Waals surface area contributed by atoms with E-state index >= 15 is 0 Å². The van der Waals surface area contributed by atoms with Crippen molar-refractivity contribution in [3.05, 3.63) is 12.2 Å². The van der Waals surface area contributed by atoms with E-state index in [1.54, 1.807) is 0 Å². The van der Waals surface area contributed by atoms with Gasteiger partial charge in [0.05, 0.1) is 0 Å². The molecule has 0 bridgehead atoms. The Hall–Kier alpha value is -0.300. The number of hydrogen-bond acceptors (Lipinski definition) is 1. The minimum atomic E-state index is 0. The Balaban J connectivity index is -0.000000196. The molecule has 0 unspecified atom stereocenters. The highest BCUT2D eigenvalue weighted by atomic mass is 14.8. The second kappa shape index (κ2) is 15.9. The van der Waals surface area contributed by atoms with Gasteiger partial charge in [0.1, 0.15) is 0 Å². The van der Waals surface area contributed by atoms with Crippen molar-refractivity contribution in [2.24, 2.45) is 0 Å². The Morgan fingerprint density at radius 1 is 1.20 bits per heavy atom. The van der Waals surface area contributed by atoms with Gasteiger partial charge in [0.15, 0.2) is 0 Å². The largest absolute Gasteiger partial charge is 0.314 e. The van der Waals surface area contributed by atoms with Crippen LogP contribution in [0.2, 0.25) is 0 Å². The Morgan fingerprint density at radius 3 is 2.20 bits per heavy atom. The molecule has 10 heavy (non-hydrogen) atoms. The molecule has 1 heteroatoms. The van der Waals surface area contributed by atoms with Crippen molar-refractivity contribution in [2.45, 2.75) is 34.1 Å². The summed E-state index contributed by atoms with van der Waals surface area (Å²) in [6, 6.07) is 0. The van der Waals surface area contributed by atoms with Crippen LogP contribution in [0.5, 0.6) is 0 Å². The molecular weight excluding hydrogens is 122 g/mol. The van der Waals surface area contributed by atoms with Crippen LogP contribution in [-0.2, 0) is 0 Å². The molecule has 0 aliphatic rings. The summed E-state index contributed by atoms with van der Waals surface area (Å²) >= 11 is 0. The molecule has 0 spiro atoms. The zero-order valence-corrected chi connectivity index (χ0v) is 7.78. The summed E-state index contributed by atoms with van der Waals surface area (Å²) < 4.78 is 0. The zero-order valence-electron chi connectivity index (χ0n) is 7.78. The molecule has 0 radical (unpaired) electrons. The van der Waals surface area contributed by atoms with E-state index in [4.69, 9.17) is 0 Å². The smallest absolute Gasteiger partial charge is 0.0134 e. The van der Waals surface area contributed by atoms with Gasteiger partial charge in [0, 0.05) is 7.97 Å². The van der Waals surface area contributed by atoms with Crippen LogP contribution in [0.3, 0.4) is 0 Å². The van der Waals surface area contributed by atoms with Gasteiger partial charge in [0.2, 0.25) is 0 Å². The normalized spacial score (nSPS) is 9.20. The maximum Gasteiger partial charge on any atom is 0.0134 e. The van der Waals surface area contributed by atoms with Crippen molar-refractivity contribution in [1.29, 1.82) is 0 Å². The molecule has 0 atom stereocenters. The first-order valence-electron chi connectivity index (χ1n) is 4.27. The highest BCUT2D eigenvalue weighted by molar-refractivity contribution is 4.81. The first-order valence-corrected chi connectivity index (χ1v) is 4.27. The van der Waals surface area contributed by atoms with Gasteiger partial charge in [-0.1, -0.05) is 39.8 Å². The lowest BCUT2D eigenvalue weighted by atomic mass is 10.4. The van der Waals surface area contributed by atoms with Crippen LogP contribution in [0, 0.1) is 0 Å². The third-order valence-corrected chi connectivity index (χ3v) is 0.915. The number of hydrogen-bond donors (Lipinski definition) is 1. The third-order valence-electron chi connectivity index (χ3n) is 0.915. The zero-order chi connectivity index (χ0) is 8.24. The highest BCUT2D eigenvalue weighted by Crippen LogP contribution is 1.75. The lowest BCUT2D eigenvalue weighted by Crippen LogP contribution is -2.11. The van der Waals surface area contributed by atoms with Crippen molar-refractivity contribution in [1.82, 2.24) is 5.32 Å². The molecule has 0 saturated carbocycles. The first-order chi connectivity index (χ1) is 4.91. The van der Waals surface area contributed by atoms with Crippen LogP contribution >= 0.6 is 0 Å². The van der Waals surface area contributed by atoms with Crippen molar-refractivity contribution in [2.75, 3.05) is 13.1 Å². The fraction of sp³-hybridized carbons (Fsp3) is 0.778. The molecule has 64 valence electrons. The maximum absolute atomic E-state index is 3.20. The molecule has 0 fully saturated rings. The van der Waals surface area contributed by atoms with Crippen molar-refractivity contribution < 1.29 is 1.43 Å². The van der Waals surface area contributed by atoms with Crippen LogP contribution in [-0.4, -0.2) is 13.1 Å². The Bertz CT molecular complexity index is 62.6. The fourth-order valence-corrected chi connectivity index (χ4v) is 0.478. The van der Waals surface area contributed by atoms with Gasteiger partial charge in [-0.15, -0.1) is 0 Å². The number of nitrogens with one attached hydrogen (secondary N) is 1. The molecule has 1 N–H and O–H groups in total. The molecule has 0 aliphatic carbocycles. The Labute approximate surface area is 67.0 Å². The van der Waals surface area contributed by atoms with E-state index in [2.05, 4.69) is 31.3 Å². The molecule has 0 aromatic rings. The van der Waals surface area contributed by atoms with Crippen LogP contribution < -0.4 is 5.32 Å². The first kappa shape index (κ1) is 12.4. The average Bonchev–Trinajstić information content (AvgIpc) is 2.02. The van der Waals surface area contributed by atoms with Gasteiger partial charge in [-0.05, 0) is 13.0 Å². The van der Waals surface area contributed by atoms with Gasteiger partial charge in [-0.25, -0.2) is 0 Å². The Morgan fingerprint density at radius 2 is 1.80 bits per heavy atom. The van der Waals surface area contributed by atoms with E-state index in [1.165, 1.54) is 0 Å². The summed E-state index contributed by atoms with van der Waals surface area (Å²) in [5.41, 5.74) is 0. The van der Waals surface area contributed by atoms with Gasteiger partial charge in [0.25, 0.3) is 0 Å². The highest BCUT2D eigenvalue weighted by Gasteiger charge is 1.70. The molecule has 0 amide bonds. The second-order valence-electron chi connectivity index (χ2n) is 1.69. The molecular formula is C9H23N. The van der Waals surface area contributed by atoms with Crippen LogP contribution in [0.25, 0.3) is 0 Å². The summed E-state index contributed by atoms with van der Waals surface area (Å²) in [5, 5.41) is 3.20. The van der Waals surface area contributed by atoms with E-state index in [9.17, 15) is 0 Å². The van der Waals surface area contributed by atoms with E-state index in [-0.39, 0.29) is 1.43 Å². The quantitative estimate of drug-likeness (QED) is 0.474. The summed E-state index contributed by atoms with van der Waals surface area (Å²) in [7, 11) is 0. The summed E-state index contributed by atoms with van der Waals surface area (Å²) in [4.78, 5) is 0. The average molecular weight is 145 g/mol. The topological polar surface area (TPSA) is 12.0 Å². The van der Waals surface area contributed by atoms with Gasteiger partial charge < -0.3 is 5.32 Å². The summed E-state index contributed by atoms with van der Waals surface area (Å²) in [5.74, 6) is 0.